The number of aryl methyl sites for hydroxylation is 1. The van der Waals surface area contributed by atoms with E-state index in [9.17, 15) is 0 Å². The average molecular weight is 353 g/mol. The summed E-state index contributed by atoms with van der Waals surface area (Å²) in [6.07, 6.45) is 6.95. The van der Waals surface area contributed by atoms with Crippen LogP contribution in [0.15, 0.2) is 60.7 Å². The summed E-state index contributed by atoms with van der Waals surface area (Å²) < 4.78 is 1.93. The van der Waals surface area contributed by atoms with Gasteiger partial charge in [0.1, 0.15) is 11.4 Å². The molecule has 3 aromatic rings. The van der Waals surface area contributed by atoms with Crippen LogP contribution >= 0.6 is 0 Å². The highest BCUT2D eigenvalue weighted by atomic mass is 15.4. The van der Waals surface area contributed by atoms with Gasteiger partial charge in [-0.25, -0.2) is 4.68 Å². The van der Waals surface area contributed by atoms with Gasteiger partial charge in [-0.1, -0.05) is 65.2 Å². The molecule has 0 spiro atoms. The first-order valence-electron chi connectivity index (χ1n) is 9.55. The van der Waals surface area contributed by atoms with Crippen molar-refractivity contribution in [2.75, 3.05) is 0 Å². The van der Waals surface area contributed by atoms with Crippen LogP contribution in [-0.4, -0.2) is 15.0 Å². The van der Waals surface area contributed by atoms with Crippen LogP contribution in [0.3, 0.4) is 0 Å². The second kappa shape index (κ2) is 8.05. The first kappa shape index (κ1) is 17.3. The minimum Gasteiger partial charge on any atom is -0.232 e. The molecule has 0 atom stereocenters. The summed E-state index contributed by atoms with van der Waals surface area (Å²) in [4.78, 5) is 0. The van der Waals surface area contributed by atoms with Gasteiger partial charge in [0.15, 0.2) is 0 Å². The van der Waals surface area contributed by atoms with Crippen molar-refractivity contribution in [1.29, 1.82) is 0 Å². The summed E-state index contributed by atoms with van der Waals surface area (Å²) in [5.74, 6) is 6.66. The van der Waals surface area contributed by atoms with Gasteiger partial charge in [0, 0.05) is 5.56 Å². The summed E-state index contributed by atoms with van der Waals surface area (Å²) in [7, 11) is 0. The molecule has 1 heterocycles. The molecule has 0 fully saturated rings. The number of nitrogens with zero attached hydrogens (tertiary/aromatic N) is 3. The van der Waals surface area contributed by atoms with Crippen molar-refractivity contribution in [1.82, 2.24) is 15.0 Å². The zero-order valence-corrected chi connectivity index (χ0v) is 15.7. The lowest BCUT2D eigenvalue weighted by Gasteiger charge is -2.10. The Labute approximate surface area is 160 Å². The Balaban J connectivity index is 1.72. The van der Waals surface area contributed by atoms with E-state index in [0.29, 0.717) is 6.54 Å². The highest BCUT2D eigenvalue weighted by Gasteiger charge is 2.17. The van der Waals surface area contributed by atoms with E-state index in [-0.39, 0.29) is 0 Å². The number of hydrogen-bond acceptors (Lipinski definition) is 2. The lowest BCUT2D eigenvalue weighted by Crippen LogP contribution is -2.05. The Morgan fingerprint density at radius 1 is 0.963 bits per heavy atom. The second-order valence-corrected chi connectivity index (χ2v) is 7.02. The Morgan fingerprint density at radius 3 is 2.52 bits per heavy atom. The highest BCUT2D eigenvalue weighted by Crippen LogP contribution is 2.27. The van der Waals surface area contributed by atoms with Gasteiger partial charge in [-0.05, 0) is 61.8 Å². The first-order valence-corrected chi connectivity index (χ1v) is 9.55. The minimum atomic E-state index is 0.680. The average Bonchev–Trinajstić information content (AvgIpc) is 3.11. The van der Waals surface area contributed by atoms with Crippen molar-refractivity contribution in [3.63, 3.8) is 0 Å². The van der Waals surface area contributed by atoms with Crippen LogP contribution in [0, 0.1) is 18.8 Å². The summed E-state index contributed by atoms with van der Waals surface area (Å²) in [5.41, 5.74) is 6.59. The molecule has 2 aromatic carbocycles. The molecule has 0 saturated carbocycles. The lowest BCUT2D eigenvalue weighted by molar-refractivity contribution is 0.643. The maximum atomic E-state index is 4.50. The molecule has 1 aliphatic rings. The largest absolute Gasteiger partial charge is 0.232 e. The van der Waals surface area contributed by atoms with Gasteiger partial charge in [-0.2, -0.15) is 0 Å². The molecule has 1 aromatic heterocycles. The van der Waals surface area contributed by atoms with Gasteiger partial charge >= 0.3 is 0 Å². The minimum absolute atomic E-state index is 0.680. The van der Waals surface area contributed by atoms with Crippen LogP contribution in [0.4, 0.5) is 0 Å². The Hall–Kier alpha value is -3.12. The van der Waals surface area contributed by atoms with Crippen molar-refractivity contribution in [3.8, 4) is 11.8 Å². The number of hydrogen-bond donors (Lipinski definition) is 0. The van der Waals surface area contributed by atoms with Gasteiger partial charge < -0.3 is 0 Å². The molecule has 1 aliphatic carbocycles. The summed E-state index contributed by atoms with van der Waals surface area (Å²) in [6.45, 7) is 2.77. The van der Waals surface area contributed by atoms with Gasteiger partial charge in [0.2, 0.25) is 0 Å². The standard InChI is InChI=1S/C24H23N3/c1-19-12-14-20(15-13-19)16-17-23-24(22-10-6-3-7-11-22)25-26-27(23)18-21-8-4-2-5-9-21/h2,4-5,8-10,12-15H,3,6-7,11,18H2,1H3. The fourth-order valence-corrected chi connectivity index (χ4v) is 3.34. The SMILES string of the molecule is Cc1ccc(C#Cc2c(C3=CCCCC3)nnn2Cc2ccccc2)cc1. The van der Waals surface area contributed by atoms with E-state index in [1.54, 1.807) is 0 Å². The van der Waals surface area contributed by atoms with E-state index in [1.165, 1.54) is 29.5 Å². The molecule has 0 radical (unpaired) electrons. The van der Waals surface area contributed by atoms with E-state index in [1.807, 2.05) is 10.7 Å². The zero-order chi connectivity index (χ0) is 18.5. The number of rotatable bonds is 3. The number of aromatic nitrogens is 3. The zero-order valence-electron chi connectivity index (χ0n) is 15.7. The van der Waals surface area contributed by atoms with Crippen LogP contribution in [0.5, 0.6) is 0 Å². The van der Waals surface area contributed by atoms with E-state index in [4.69, 9.17) is 0 Å². The molecule has 134 valence electrons. The molecule has 27 heavy (non-hydrogen) atoms. The molecule has 0 saturated heterocycles. The molecule has 0 bridgehead atoms. The van der Waals surface area contributed by atoms with Crippen molar-refractivity contribution in [2.24, 2.45) is 0 Å². The highest BCUT2D eigenvalue weighted by molar-refractivity contribution is 5.67. The molecule has 3 heteroatoms. The predicted octanol–water partition coefficient (Wildman–Crippen LogP) is 4.99. The third-order valence-electron chi connectivity index (χ3n) is 4.88. The molecule has 4 rings (SSSR count). The number of benzene rings is 2. The van der Waals surface area contributed by atoms with Gasteiger partial charge in [-0.3, -0.25) is 0 Å². The van der Waals surface area contributed by atoms with E-state index in [0.717, 1.165) is 29.8 Å². The molecule has 0 N–H and O–H groups in total. The maximum absolute atomic E-state index is 4.50. The van der Waals surface area contributed by atoms with Crippen LogP contribution in [0.2, 0.25) is 0 Å². The molecular weight excluding hydrogens is 330 g/mol. The van der Waals surface area contributed by atoms with Gasteiger partial charge in [-0.15, -0.1) is 5.10 Å². The Kier molecular flexibility index (Phi) is 5.16. The third kappa shape index (κ3) is 4.17. The maximum Gasteiger partial charge on any atom is 0.139 e. The van der Waals surface area contributed by atoms with Crippen LogP contribution in [0.1, 0.15) is 53.8 Å². The van der Waals surface area contributed by atoms with Gasteiger partial charge in [0.05, 0.1) is 6.54 Å². The van der Waals surface area contributed by atoms with Crippen molar-refractivity contribution >= 4 is 5.57 Å². The molecular formula is C24H23N3. The van der Waals surface area contributed by atoms with Gasteiger partial charge in [0.25, 0.3) is 0 Å². The van der Waals surface area contributed by atoms with Crippen LogP contribution in [-0.2, 0) is 6.54 Å². The summed E-state index contributed by atoms with van der Waals surface area (Å²) >= 11 is 0. The molecule has 0 amide bonds. The monoisotopic (exact) mass is 353 g/mol. The van der Waals surface area contributed by atoms with Crippen LogP contribution in [0.25, 0.3) is 5.57 Å². The Bertz CT molecular complexity index is 999. The molecule has 3 nitrogen and oxygen atoms in total. The first-order chi connectivity index (χ1) is 13.3. The lowest BCUT2D eigenvalue weighted by atomic mass is 9.96. The fraction of sp³-hybridized carbons (Fsp3) is 0.250. The third-order valence-corrected chi connectivity index (χ3v) is 4.88. The molecule has 0 aliphatic heterocycles. The predicted molar refractivity (Wildman–Crippen MR) is 109 cm³/mol. The quantitative estimate of drug-likeness (QED) is 0.621. The summed E-state index contributed by atoms with van der Waals surface area (Å²) in [6, 6.07) is 18.7. The van der Waals surface area contributed by atoms with E-state index in [2.05, 4.69) is 83.7 Å². The normalized spacial score (nSPS) is 13.6. The summed E-state index contributed by atoms with van der Waals surface area (Å²) in [5, 5.41) is 8.94. The topological polar surface area (TPSA) is 30.7 Å². The van der Waals surface area contributed by atoms with Crippen molar-refractivity contribution in [3.05, 3.63) is 88.8 Å². The van der Waals surface area contributed by atoms with Crippen molar-refractivity contribution in [2.45, 2.75) is 39.2 Å². The smallest absolute Gasteiger partial charge is 0.139 e. The van der Waals surface area contributed by atoms with E-state index >= 15 is 0 Å². The van der Waals surface area contributed by atoms with E-state index < -0.39 is 0 Å². The van der Waals surface area contributed by atoms with Crippen LogP contribution < -0.4 is 0 Å². The fourth-order valence-electron chi connectivity index (χ4n) is 3.34. The Morgan fingerprint density at radius 2 is 1.78 bits per heavy atom. The molecule has 0 unspecified atom stereocenters. The number of allylic oxidation sites excluding steroid dienone is 2. The van der Waals surface area contributed by atoms with Crippen molar-refractivity contribution < 1.29 is 0 Å². The second-order valence-electron chi connectivity index (χ2n) is 7.02.